The Morgan fingerprint density at radius 1 is 1.08 bits per heavy atom. The highest BCUT2D eigenvalue weighted by molar-refractivity contribution is 5.83. The first-order valence-corrected chi connectivity index (χ1v) is 12.2. The fourth-order valence-electron chi connectivity index (χ4n) is 5.46. The number of rotatable bonds is 9. The first kappa shape index (κ1) is 24.1. The third-order valence-electron chi connectivity index (χ3n) is 7.52. The van der Waals surface area contributed by atoms with E-state index in [1.165, 1.54) is 14.2 Å². The molecule has 2 atom stereocenters. The number of likely N-dealkylation sites (tertiary alicyclic amines) is 1. The summed E-state index contributed by atoms with van der Waals surface area (Å²) in [4.78, 5) is 23.1. The zero-order valence-electron chi connectivity index (χ0n) is 20.9. The zero-order chi connectivity index (χ0) is 25.3. The number of methoxy groups -OCH3 is 2. The smallest absolute Gasteiger partial charge is 0.324 e. The molecule has 1 aromatic heterocycles. The van der Waals surface area contributed by atoms with Crippen molar-refractivity contribution in [2.24, 2.45) is 5.92 Å². The van der Waals surface area contributed by atoms with Gasteiger partial charge in [-0.3, -0.25) is 9.69 Å². The van der Waals surface area contributed by atoms with E-state index in [1.807, 2.05) is 35.2 Å². The molecule has 1 saturated carbocycles. The number of ether oxygens (including phenoxy) is 3. The van der Waals surface area contributed by atoms with E-state index in [2.05, 4.69) is 35.1 Å². The Hall–Kier alpha value is -3.65. The molecule has 1 aliphatic carbocycles. The number of nitrogens with zero attached hydrogens (tertiary/aromatic N) is 3. The minimum absolute atomic E-state index is 0.146. The van der Waals surface area contributed by atoms with Crippen molar-refractivity contribution in [3.8, 4) is 28.9 Å². The number of fused-ring (bicyclic) bond motifs is 1. The van der Waals surface area contributed by atoms with Crippen LogP contribution in [0.4, 0.5) is 0 Å². The van der Waals surface area contributed by atoms with Gasteiger partial charge in [0.2, 0.25) is 11.8 Å². The third-order valence-corrected chi connectivity index (χ3v) is 7.52. The van der Waals surface area contributed by atoms with Crippen LogP contribution < -0.4 is 14.2 Å². The summed E-state index contributed by atoms with van der Waals surface area (Å²) in [7, 11) is 3.07. The zero-order valence-corrected chi connectivity index (χ0v) is 20.9. The second kappa shape index (κ2) is 9.78. The normalized spacial score (nSPS) is 20.9. The molecule has 2 aromatic carbocycles. The quantitative estimate of drug-likeness (QED) is 0.470. The molecule has 1 saturated heterocycles. The van der Waals surface area contributed by atoms with Crippen LogP contribution in [-0.4, -0.2) is 52.2 Å². The summed E-state index contributed by atoms with van der Waals surface area (Å²) < 4.78 is 17.2. The number of carboxylic acid groups (broad SMARTS) is 1. The molecule has 0 amide bonds. The molecule has 36 heavy (non-hydrogen) atoms. The van der Waals surface area contributed by atoms with Crippen LogP contribution in [0.3, 0.4) is 0 Å². The predicted molar refractivity (Wildman–Crippen MR) is 134 cm³/mol. The van der Waals surface area contributed by atoms with Crippen molar-refractivity contribution in [3.63, 3.8) is 0 Å². The standard InChI is InChI=1S/C28H31N3O5/c1-18-20(11-7-13-22(18)19-9-5-4-6-10-19)17-36-27-29-24(34-2)23(25(30-27)35-3)16-31-14-8-12-21-15-28(21,31)26(32)33/h4-7,9-11,13,21H,8,12,14-17H2,1-3H3,(H,32,33)/t21-,28+/m1/s1. The summed E-state index contributed by atoms with van der Waals surface area (Å²) in [6, 6.07) is 16.5. The minimum Gasteiger partial charge on any atom is -0.481 e. The lowest BCUT2D eigenvalue weighted by Crippen LogP contribution is -2.47. The molecule has 5 rings (SSSR count). The Morgan fingerprint density at radius 2 is 1.81 bits per heavy atom. The van der Waals surface area contributed by atoms with Crippen LogP contribution in [0.1, 0.15) is 36.0 Å². The Labute approximate surface area is 210 Å². The molecule has 0 radical (unpaired) electrons. The molecule has 0 spiro atoms. The lowest BCUT2D eigenvalue weighted by atomic mass is 9.97. The molecule has 0 bridgehead atoms. The lowest BCUT2D eigenvalue weighted by Gasteiger charge is -2.33. The SMILES string of the molecule is COc1nc(OCc2cccc(-c3ccccc3)c2C)nc(OC)c1CN1CCC[C@@H]2C[C@@]21C(=O)O. The van der Waals surface area contributed by atoms with Gasteiger partial charge in [-0.15, -0.1) is 0 Å². The Bertz CT molecular complexity index is 1240. The van der Waals surface area contributed by atoms with Crippen LogP contribution >= 0.6 is 0 Å². The maximum absolute atomic E-state index is 12.1. The van der Waals surface area contributed by atoms with E-state index < -0.39 is 11.5 Å². The van der Waals surface area contributed by atoms with Gasteiger partial charge in [-0.1, -0.05) is 48.5 Å². The van der Waals surface area contributed by atoms with Crippen molar-refractivity contribution in [3.05, 3.63) is 65.2 Å². The van der Waals surface area contributed by atoms with E-state index in [0.717, 1.165) is 35.1 Å². The van der Waals surface area contributed by atoms with Crippen LogP contribution in [0.25, 0.3) is 11.1 Å². The third kappa shape index (κ3) is 4.26. The van der Waals surface area contributed by atoms with E-state index in [9.17, 15) is 9.90 Å². The molecule has 1 N–H and O–H groups in total. The van der Waals surface area contributed by atoms with Crippen molar-refractivity contribution in [2.75, 3.05) is 20.8 Å². The van der Waals surface area contributed by atoms with E-state index in [-0.39, 0.29) is 18.5 Å². The molecule has 0 unspecified atom stereocenters. The van der Waals surface area contributed by atoms with Gasteiger partial charge in [-0.05, 0) is 60.9 Å². The summed E-state index contributed by atoms with van der Waals surface area (Å²) in [6.07, 6.45) is 2.59. The van der Waals surface area contributed by atoms with Gasteiger partial charge in [-0.2, -0.15) is 9.97 Å². The van der Waals surface area contributed by atoms with E-state index in [1.54, 1.807) is 0 Å². The second-order valence-corrected chi connectivity index (χ2v) is 9.44. The molecule has 2 fully saturated rings. The monoisotopic (exact) mass is 489 g/mol. The first-order valence-electron chi connectivity index (χ1n) is 12.2. The first-order chi connectivity index (χ1) is 17.5. The number of carbonyl (C=O) groups is 1. The number of hydrogen-bond donors (Lipinski definition) is 1. The number of hydrogen-bond acceptors (Lipinski definition) is 7. The summed E-state index contributed by atoms with van der Waals surface area (Å²) in [5.74, 6) is 0.0862. The molecule has 2 aliphatic rings. The molecule has 1 aliphatic heterocycles. The maximum atomic E-state index is 12.1. The van der Waals surface area contributed by atoms with Gasteiger partial charge in [0.05, 0.1) is 19.8 Å². The molecular formula is C28H31N3O5. The second-order valence-electron chi connectivity index (χ2n) is 9.44. The number of aromatic nitrogens is 2. The maximum Gasteiger partial charge on any atom is 0.324 e. The highest BCUT2D eigenvalue weighted by Crippen LogP contribution is 2.55. The lowest BCUT2D eigenvalue weighted by molar-refractivity contribution is -0.147. The topological polar surface area (TPSA) is 94.0 Å². The van der Waals surface area contributed by atoms with Gasteiger partial charge in [-0.25, -0.2) is 0 Å². The Balaban J connectivity index is 1.37. The van der Waals surface area contributed by atoms with Gasteiger partial charge >= 0.3 is 12.0 Å². The average molecular weight is 490 g/mol. The molecule has 2 heterocycles. The fraction of sp³-hybridized carbons (Fsp3) is 0.393. The fourth-order valence-corrected chi connectivity index (χ4v) is 5.46. The summed E-state index contributed by atoms with van der Waals surface area (Å²) in [6.45, 7) is 3.40. The minimum atomic E-state index is -0.801. The Morgan fingerprint density at radius 3 is 2.47 bits per heavy atom. The summed E-state index contributed by atoms with van der Waals surface area (Å²) in [5, 5.41) is 9.92. The average Bonchev–Trinajstić information content (AvgIpc) is 3.66. The van der Waals surface area contributed by atoms with Crippen molar-refractivity contribution in [2.45, 2.75) is 44.9 Å². The predicted octanol–water partition coefficient (Wildman–Crippen LogP) is 4.49. The van der Waals surface area contributed by atoms with Gasteiger partial charge < -0.3 is 19.3 Å². The van der Waals surface area contributed by atoms with Crippen molar-refractivity contribution < 1.29 is 24.1 Å². The number of aliphatic carboxylic acids is 1. The molecular weight excluding hydrogens is 458 g/mol. The number of benzene rings is 2. The molecule has 188 valence electrons. The van der Waals surface area contributed by atoms with Gasteiger partial charge in [0.1, 0.15) is 12.1 Å². The molecule has 8 nitrogen and oxygen atoms in total. The van der Waals surface area contributed by atoms with Crippen molar-refractivity contribution in [1.82, 2.24) is 14.9 Å². The number of carboxylic acids is 1. The molecule has 3 aromatic rings. The van der Waals surface area contributed by atoms with E-state index in [4.69, 9.17) is 14.2 Å². The summed E-state index contributed by atoms with van der Waals surface area (Å²) >= 11 is 0. The van der Waals surface area contributed by atoms with Crippen molar-refractivity contribution >= 4 is 5.97 Å². The van der Waals surface area contributed by atoms with Gasteiger partial charge in [0.15, 0.2) is 0 Å². The van der Waals surface area contributed by atoms with Crippen LogP contribution in [0.15, 0.2) is 48.5 Å². The van der Waals surface area contributed by atoms with Crippen LogP contribution in [0, 0.1) is 12.8 Å². The largest absolute Gasteiger partial charge is 0.481 e. The van der Waals surface area contributed by atoms with Crippen molar-refractivity contribution in [1.29, 1.82) is 0 Å². The number of piperidine rings is 1. The Kier molecular flexibility index (Phi) is 6.53. The summed E-state index contributed by atoms with van der Waals surface area (Å²) in [5.41, 5.74) is 4.28. The van der Waals surface area contributed by atoms with Crippen LogP contribution in [0.5, 0.6) is 17.8 Å². The van der Waals surface area contributed by atoms with Crippen LogP contribution in [-0.2, 0) is 17.9 Å². The van der Waals surface area contributed by atoms with Gasteiger partial charge in [0.25, 0.3) is 0 Å². The van der Waals surface area contributed by atoms with E-state index in [0.29, 0.717) is 36.8 Å². The highest BCUT2D eigenvalue weighted by atomic mass is 16.5. The highest BCUT2D eigenvalue weighted by Gasteiger charge is 2.65. The van der Waals surface area contributed by atoms with E-state index >= 15 is 0 Å². The molecule has 8 heteroatoms. The van der Waals surface area contributed by atoms with Gasteiger partial charge in [0, 0.05) is 6.54 Å². The van der Waals surface area contributed by atoms with Crippen LogP contribution in [0.2, 0.25) is 0 Å².